The minimum Gasteiger partial charge on any atom is -0.336 e. The van der Waals surface area contributed by atoms with Crippen molar-refractivity contribution in [1.29, 1.82) is 0 Å². The van der Waals surface area contributed by atoms with E-state index in [4.69, 9.17) is 11.7 Å². The number of aryl methyl sites for hydroxylation is 2. The second-order valence-electron chi connectivity index (χ2n) is 3.35. The molecule has 0 unspecified atom stereocenters. The van der Waals surface area contributed by atoms with E-state index in [1.807, 2.05) is 13.8 Å². The SMILES string of the molecule is CCc1nnc(Sc2nnc(CC)n2N)n1N. The highest BCUT2D eigenvalue weighted by molar-refractivity contribution is 7.99. The summed E-state index contributed by atoms with van der Waals surface area (Å²) in [5.74, 6) is 13.1. The van der Waals surface area contributed by atoms with E-state index in [1.165, 1.54) is 21.1 Å². The van der Waals surface area contributed by atoms with Gasteiger partial charge in [0.2, 0.25) is 10.3 Å². The standard InChI is InChI=1S/C8H14N8S/c1-3-5-11-13-7(15(5)9)17-8-14-12-6(4-2)16(8)10/h3-4,9-10H2,1-2H3. The summed E-state index contributed by atoms with van der Waals surface area (Å²) in [6.45, 7) is 3.92. The minimum absolute atomic E-state index is 0.545. The molecule has 0 fully saturated rings. The van der Waals surface area contributed by atoms with Crippen molar-refractivity contribution in [2.75, 3.05) is 11.7 Å². The average molecular weight is 254 g/mol. The Morgan fingerprint density at radius 3 is 1.59 bits per heavy atom. The van der Waals surface area contributed by atoms with Crippen LogP contribution in [-0.4, -0.2) is 29.7 Å². The number of hydrogen-bond acceptors (Lipinski definition) is 7. The highest BCUT2D eigenvalue weighted by atomic mass is 32.2. The van der Waals surface area contributed by atoms with Crippen LogP contribution in [-0.2, 0) is 12.8 Å². The van der Waals surface area contributed by atoms with Crippen LogP contribution in [0.5, 0.6) is 0 Å². The largest absolute Gasteiger partial charge is 0.336 e. The van der Waals surface area contributed by atoms with Crippen LogP contribution in [0, 0.1) is 0 Å². The van der Waals surface area contributed by atoms with Crippen molar-refractivity contribution >= 4 is 11.8 Å². The summed E-state index contributed by atoms with van der Waals surface area (Å²) in [5, 5.41) is 16.9. The van der Waals surface area contributed by atoms with Gasteiger partial charge in [0.1, 0.15) is 0 Å². The first-order valence-electron chi connectivity index (χ1n) is 5.23. The molecule has 0 aliphatic heterocycles. The number of nitrogen functional groups attached to an aromatic ring is 2. The molecule has 0 atom stereocenters. The lowest BCUT2D eigenvalue weighted by atomic mass is 10.5. The lowest BCUT2D eigenvalue weighted by Gasteiger charge is -2.02. The predicted molar refractivity (Wildman–Crippen MR) is 63.2 cm³/mol. The molecule has 0 aromatic carbocycles. The zero-order valence-electron chi connectivity index (χ0n) is 9.66. The summed E-state index contributed by atoms with van der Waals surface area (Å²) in [7, 11) is 0. The second-order valence-corrected chi connectivity index (χ2v) is 4.28. The molecule has 2 heterocycles. The third-order valence-corrected chi connectivity index (χ3v) is 3.21. The summed E-state index contributed by atoms with van der Waals surface area (Å²) in [4.78, 5) is 0. The number of nitrogens with zero attached hydrogens (tertiary/aromatic N) is 6. The zero-order chi connectivity index (χ0) is 12.4. The van der Waals surface area contributed by atoms with Crippen molar-refractivity contribution in [3.63, 3.8) is 0 Å². The first kappa shape index (κ1) is 11.7. The van der Waals surface area contributed by atoms with Crippen LogP contribution in [0.15, 0.2) is 10.3 Å². The summed E-state index contributed by atoms with van der Waals surface area (Å²) in [5.41, 5.74) is 0. The third-order valence-electron chi connectivity index (χ3n) is 2.29. The van der Waals surface area contributed by atoms with Gasteiger partial charge in [-0.2, -0.15) is 0 Å². The van der Waals surface area contributed by atoms with Gasteiger partial charge < -0.3 is 11.7 Å². The maximum absolute atomic E-state index is 5.82. The van der Waals surface area contributed by atoms with E-state index in [0.717, 1.165) is 12.8 Å². The Morgan fingerprint density at radius 2 is 1.29 bits per heavy atom. The van der Waals surface area contributed by atoms with E-state index in [-0.39, 0.29) is 0 Å². The zero-order valence-corrected chi connectivity index (χ0v) is 10.5. The number of nitrogens with two attached hydrogens (primary N) is 2. The minimum atomic E-state index is 0.545. The van der Waals surface area contributed by atoms with Gasteiger partial charge in [-0.3, -0.25) is 0 Å². The van der Waals surface area contributed by atoms with Gasteiger partial charge in [-0.05, 0) is 11.8 Å². The predicted octanol–water partition coefficient (Wildman–Crippen LogP) is -0.427. The first-order valence-corrected chi connectivity index (χ1v) is 6.05. The van der Waals surface area contributed by atoms with Gasteiger partial charge in [-0.25, -0.2) is 9.35 Å². The maximum Gasteiger partial charge on any atom is 0.217 e. The quantitative estimate of drug-likeness (QED) is 0.712. The molecule has 2 aromatic rings. The van der Waals surface area contributed by atoms with Gasteiger partial charge in [0, 0.05) is 12.8 Å². The van der Waals surface area contributed by atoms with Gasteiger partial charge in [-0.1, -0.05) is 13.8 Å². The van der Waals surface area contributed by atoms with Crippen LogP contribution >= 0.6 is 11.8 Å². The van der Waals surface area contributed by atoms with Crippen molar-refractivity contribution in [2.45, 2.75) is 37.0 Å². The maximum atomic E-state index is 5.82. The van der Waals surface area contributed by atoms with Gasteiger partial charge in [0.25, 0.3) is 0 Å². The van der Waals surface area contributed by atoms with E-state index < -0.39 is 0 Å². The first-order chi connectivity index (χ1) is 8.17. The van der Waals surface area contributed by atoms with Crippen molar-refractivity contribution in [3.05, 3.63) is 11.6 Å². The van der Waals surface area contributed by atoms with E-state index in [1.54, 1.807) is 0 Å². The smallest absolute Gasteiger partial charge is 0.217 e. The van der Waals surface area contributed by atoms with E-state index in [0.29, 0.717) is 22.0 Å². The molecule has 0 saturated heterocycles. The third kappa shape index (κ3) is 2.05. The fraction of sp³-hybridized carbons (Fsp3) is 0.500. The monoisotopic (exact) mass is 254 g/mol. The molecule has 0 radical (unpaired) electrons. The fourth-order valence-corrected chi connectivity index (χ4v) is 2.05. The van der Waals surface area contributed by atoms with Crippen LogP contribution in [0.25, 0.3) is 0 Å². The Bertz CT molecular complexity index is 469. The molecule has 8 nitrogen and oxygen atoms in total. The Morgan fingerprint density at radius 1 is 0.882 bits per heavy atom. The number of rotatable bonds is 4. The fourth-order valence-electron chi connectivity index (χ4n) is 1.32. The van der Waals surface area contributed by atoms with Crippen molar-refractivity contribution < 1.29 is 0 Å². The lowest BCUT2D eigenvalue weighted by molar-refractivity contribution is 0.773. The topological polar surface area (TPSA) is 113 Å². The van der Waals surface area contributed by atoms with Crippen LogP contribution in [0.4, 0.5) is 0 Å². The van der Waals surface area contributed by atoms with Crippen LogP contribution in [0.1, 0.15) is 25.5 Å². The molecule has 4 N–H and O–H groups in total. The molecular weight excluding hydrogens is 240 g/mol. The molecule has 0 aliphatic carbocycles. The van der Waals surface area contributed by atoms with E-state index >= 15 is 0 Å². The second kappa shape index (κ2) is 4.62. The molecule has 17 heavy (non-hydrogen) atoms. The molecular formula is C8H14N8S. The Kier molecular flexibility index (Phi) is 3.18. The molecule has 0 bridgehead atoms. The highest BCUT2D eigenvalue weighted by Gasteiger charge is 2.15. The van der Waals surface area contributed by atoms with Crippen molar-refractivity contribution in [3.8, 4) is 0 Å². The van der Waals surface area contributed by atoms with E-state index in [2.05, 4.69) is 20.4 Å². The van der Waals surface area contributed by atoms with Crippen LogP contribution in [0.3, 0.4) is 0 Å². The van der Waals surface area contributed by atoms with Crippen LogP contribution in [0.2, 0.25) is 0 Å². The Balaban J connectivity index is 2.25. The molecule has 92 valence electrons. The average Bonchev–Trinajstić information content (AvgIpc) is 2.85. The Labute approximate surface area is 102 Å². The van der Waals surface area contributed by atoms with Gasteiger partial charge >= 0.3 is 0 Å². The summed E-state index contributed by atoms with van der Waals surface area (Å²) in [6, 6.07) is 0. The number of aromatic nitrogens is 6. The molecule has 2 aromatic heterocycles. The summed E-state index contributed by atoms with van der Waals surface area (Å²) < 4.78 is 2.87. The van der Waals surface area contributed by atoms with Crippen LogP contribution < -0.4 is 11.7 Å². The summed E-state index contributed by atoms with van der Waals surface area (Å²) in [6.07, 6.45) is 1.44. The van der Waals surface area contributed by atoms with Gasteiger partial charge in [0.05, 0.1) is 0 Å². The molecule has 0 amide bonds. The molecule has 0 aliphatic rings. The Hall–Kier alpha value is -1.77. The van der Waals surface area contributed by atoms with E-state index in [9.17, 15) is 0 Å². The number of hydrogen-bond donors (Lipinski definition) is 2. The molecule has 0 saturated carbocycles. The molecule has 0 spiro atoms. The highest BCUT2D eigenvalue weighted by Crippen LogP contribution is 2.23. The van der Waals surface area contributed by atoms with Crippen molar-refractivity contribution in [2.24, 2.45) is 0 Å². The normalized spacial score (nSPS) is 10.9. The summed E-state index contributed by atoms with van der Waals surface area (Å²) >= 11 is 1.24. The van der Waals surface area contributed by atoms with Gasteiger partial charge in [0.15, 0.2) is 11.6 Å². The lowest BCUT2D eigenvalue weighted by Crippen LogP contribution is -2.15. The molecule has 9 heteroatoms. The molecule has 2 rings (SSSR count). The van der Waals surface area contributed by atoms with Gasteiger partial charge in [-0.15, -0.1) is 20.4 Å². The van der Waals surface area contributed by atoms with Crippen molar-refractivity contribution in [1.82, 2.24) is 29.7 Å².